The summed E-state index contributed by atoms with van der Waals surface area (Å²) in [7, 11) is 0. The third kappa shape index (κ3) is 4.74. The van der Waals surface area contributed by atoms with Gasteiger partial charge >= 0.3 is 0 Å². The van der Waals surface area contributed by atoms with Gasteiger partial charge in [-0.2, -0.15) is 4.57 Å². The molecule has 0 aromatic carbocycles. The number of aliphatic hydroxyl groups excluding tert-OH is 1. The molecule has 0 spiro atoms. The summed E-state index contributed by atoms with van der Waals surface area (Å²) in [5.41, 5.74) is 10.0. The van der Waals surface area contributed by atoms with Crippen LogP contribution in [0.15, 0.2) is 11.7 Å². The monoisotopic (exact) mass is 520 g/mol. The van der Waals surface area contributed by atoms with Gasteiger partial charge in [0.25, 0.3) is 0 Å². The minimum absolute atomic E-state index is 0. The summed E-state index contributed by atoms with van der Waals surface area (Å²) in [4.78, 5) is 9.53. The van der Waals surface area contributed by atoms with Gasteiger partial charge in [0, 0.05) is 26.1 Å². The van der Waals surface area contributed by atoms with E-state index in [2.05, 4.69) is 14.5 Å². The summed E-state index contributed by atoms with van der Waals surface area (Å²) in [5, 5.41) is 8.98. The van der Waals surface area contributed by atoms with Crippen LogP contribution in [-0.4, -0.2) is 21.7 Å². The minimum Gasteiger partial charge on any atom is -1.00 e. The molecule has 2 aromatic heterocycles. The fourth-order valence-electron chi connectivity index (χ4n) is 1.77. The molecule has 0 atom stereocenters. The van der Waals surface area contributed by atoms with Crippen LogP contribution in [0.5, 0.6) is 0 Å². The van der Waals surface area contributed by atoms with Crippen LogP contribution in [0.3, 0.4) is 0 Å². The first-order chi connectivity index (χ1) is 8.61. The molecule has 0 radical (unpaired) electrons. The van der Waals surface area contributed by atoms with Crippen molar-refractivity contribution in [2.45, 2.75) is 26.8 Å². The number of nitrogen functional groups attached to an aromatic ring is 1. The number of aliphatic hydroxyl groups is 1. The van der Waals surface area contributed by atoms with Gasteiger partial charge in [0.1, 0.15) is 11.6 Å². The van der Waals surface area contributed by atoms with E-state index in [0.717, 1.165) is 11.3 Å². The molecule has 3 N–H and O–H groups in total. The predicted molar refractivity (Wildman–Crippen MR) is 85.7 cm³/mol. The van der Waals surface area contributed by atoms with E-state index in [1.165, 1.54) is 4.88 Å². The first-order valence-electron chi connectivity index (χ1n) is 5.77. The molecular formula is C12H18I2N4OS. The van der Waals surface area contributed by atoms with Crippen LogP contribution in [0, 0.1) is 13.8 Å². The summed E-state index contributed by atoms with van der Waals surface area (Å²) in [6, 6.07) is 0. The smallest absolute Gasteiger partial charge is 0.225 e. The van der Waals surface area contributed by atoms with Gasteiger partial charge in [0.05, 0.1) is 10.4 Å². The van der Waals surface area contributed by atoms with Gasteiger partial charge in [-0.25, -0.2) is 9.97 Å². The lowest BCUT2D eigenvalue weighted by atomic mass is 10.2. The first kappa shape index (κ1) is 19.9. The van der Waals surface area contributed by atoms with Gasteiger partial charge in [-0.05, 0) is 6.92 Å². The van der Waals surface area contributed by atoms with E-state index in [1.54, 1.807) is 17.5 Å². The molecule has 2 rings (SSSR count). The van der Waals surface area contributed by atoms with Crippen LogP contribution in [0.4, 0.5) is 5.82 Å². The van der Waals surface area contributed by atoms with Gasteiger partial charge in [-0.3, -0.25) is 0 Å². The largest absolute Gasteiger partial charge is 1.00 e. The Bertz CT molecular complexity index is 562. The number of aryl methyl sites for hydroxylation is 1. The highest BCUT2D eigenvalue weighted by Crippen LogP contribution is 2.13. The van der Waals surface area contributed by atoms with Crippen molar-refractivity contribution < 1.29 is 33.7 Å². The zero-order valence-electron chi connectivity index (χ0n) is 11.3. The van der Waals surface area contributed by atoms with Gasteiger partial charge in [-0.15, -0.1) is 24.0 Å². The molecule has 0 unspecified atom stereocenters. The quantitative estimate of drug-likeness (QED) is 0.370. The molecular weight excluding hydrogens is 502 g/mol. The van der Waals surface area contributed by atoms with E-state index in [1.807, 2.05) is 19.4 Å². The molecule has 0 bridgehead atoms. The number of thiazole rings is 1. The van der Waals surface area contributed by atoms with E-state index in [-0.39, 0.29) is 54.6 Å². The lowest BCUT2D eigenvalue weighted by molar-refractivity contribution is -0.689. The average Bonchev–Trinajstić information content (AvgIpc) is 2.66. The molecule has 112 valence electrons. The molecule has 0 fully saturated rings. The molecule has 20 heavy (non-hydrogen) atoms. The van der Waals surface area contributed by atoms with Crippen molar-refractivity contribution in [1.29, 1.82) is 0 Å². The Morgan fingerprint density at radius 3 is 2.70 bits per heavy atom. The van der Waals surface area contributed by atoms with Crippen LogP contribution >= 0.6 is 35.3 Å². The van der Waals surface area contributed by atoms with Gasteiger partial charge in [0.2, 0.25) is 5.51 Å². The Kier molecular flexibility index (Phi) is 9.02. The molecule has 2 heterocycles. The average molecular weight is 520 g/mol. The zero-order chi connectivity index (χ0) is 13.1. The SMILES string of the molecule is Cc1ncc(C[n+]2csc(CCO)c2C)c(N)n1.I.[I-]. The number of hydrogen-bond donors (Lipinski definition) is 2. The molecule has 0 amide bonds. The summed E-state index contributed by atoms with van der Waals surface area (Å²) >= 11 is 1.65. The number of aromatic nitrogens is 3. The van der Waals surface area contributed by atoms with Gasteiger partial charge < -0.3 is 34.8 Å². The van der Waals surface area contributed by atoms with Crippen molar-refractivity contribution in [1.82, 2.24) is 9.97 Å². The summed E-state index contributed by atoms with van der Waals surface area (Å²) < 4.78 is 2.11. The highest BCUT2D eigenvalue weighted by Gasteiger charge is 2.16. The van der Waals surface area contributed by atoms with E-state index in [4.69, 9.17) is 10.8 Å². The number of rotatable bonds is 4. The second-order valence-electron chi connectivity index (χ2n) is 4.16. The highest BCUT2D eigenvalue weighted by molar-refractivity contribution is 14.0. The van der Waals surface area contributed by atoms with E-state index >= 15 is 0 Å². The van der Waals surface area contributed by atoms with E-state index in [0.29, 0.717) is 24.6 Å². The predicted octanol–water partition coefficient (Wildman–Crippen LogP) is -1.77. The summed E-state index contributed by atoms with van der Waals surface area (Å²) in [5.74, 6) is 1.22. The minimum atomic E-state index is 0. The topological polar surface area (TPSA) is 75.9 Å². The van der Waals surface area contributed by atoms with Crippen LogP contribution in [0.2, 0.25) is 0 Å². The Hall–Kier alpha value is -0.0700. The standard InChI is InChI=1S/C12H17N4OS.2HI/c1-8-11(3-4-17)18-7-16(8)6-10-5-14-9(2)15-12(10)13;;/h5,7,17H,3-4,6H2,1-2H3,(H2,13,14,15);2*1H/q+1;;/p-1. The fraction of sp³-hybridized carbons (Fsp3) is 0.417. The van der Waals surface area contributed by atoms with Crippen LogP contribution in [0.1, 0.15) is 22.0 Å². The maximum absolute atomic E-state index is 8.98. The van der Waals surface area contributed by atoms with Crippen molar-refractivity contribution in [3.63, 3.8) is 0 Å². The zero-order valence-corrected chi connectivity index (χ0v) is 16.6. The maximum atomic E-state index is 8.98. The molecule has 0 aliphatic carbocycles. The second-order valence-corrected chi connectivity index (χ2v) is 5.10. The van der Waals surface area contributed by atoms with Gasteiger partial charge in [-0.1, -0.05) is 11.3 Å². The number of hydrogen-bond acceptors (Lipinski definition) is 5. The van der Waals surface area contributed by atoms with Crippen molar-refractivity contribution in [2.24, 2.45) is 0 Å². The molecule has 8 heteroatoms. The Morgan fingerprint density at radius 1 is 1.40 bits per heavy atom. The Morgan fingerprint density at radius 2 is 2.10 bits per heavy atom. The number of nitrogens with zero attached hydrogens (tertiary/aromatic N) is 3. The van der Waals surface area contributed by atoms with Crippen molar-refractivity contribution in [3.05, 3.63) is 33.7 Å². The number of halogens is 2. The molecule has 0 saturated heterocycles. The number of nitrogens with two attached hydrogens (primary N) is 1. The third-order valence-electron chi connectivity index (χ3n) is 2.85. The van der Waals surface area contributed by atoms with Crippen LogP contribution in [0.25, 0.3) is 0 Å². The first-order valence-corrected chi connectivity index (χ1v) is 6.65. The highest BCUT2D eigenvalue weighted by atomic mass is 127. The molecule has 5 nitrogen and oxygen atoms in total. The molecule has 2 aromatic rings. The molecule has 0 aliphatic heterocycles. The fourth-order valence-corrected chi connectivity index (χ4v) is 2.75. The summed E-state index contributed by atoms with van der Waals surface area (Å²) in [6.45, 7) is 4.71. The van der Waals surface area contributed by atoms with E-state index < -0.39 is 0 Å². The van der Waals surface area contributed by atoms with Crippen LogP contribution in [-0.2, 0) is 13.0 Å². The number of anilines is 1. The van der Waals surface area contributed by atoms with Gasteiger partial charge in [0.15, 0.2) is 12.2 Å². The van der Waals surface area contributed by atoms with Crippen molar-refractivity contribution in [3.8, 4) is 0 Å². The maximum Gasteiger partial charge on any atom is 0.225 e. The lowest BCUT2D eigenvalue weighted by Gasteiger charge is -2.01. The summed E-state index contributed by atoms with van der Waals surface area (Å²) in [6.07, 6.45) is 2.47. The molecule has 0 aliphatic rings. The second kappa shape index (κ2) is 9.05. The third-order valence-corrected chi connectivity index (χ3v) is 4.00. The Balaban J connectivity index is 0.00000180. The lowest BCUT2D eigenvalue weighted by Crippen LogP contribution is -3.00. The van der Waals surface area contributed by atoms with Crippen molar-refractivity contribution >= 4 is 41.1 Å². The Labute approximate surface area is 156 Å². The van der Waals surface area contributed by atoms with Crippen LogP contribution < -0.4 is 34.3 Å². The van der Waals surface area contributed by atoms with E-state index in [9.17, 15) is 0 Å². The van der Waals surface area contributed by atoms with Crippen molar-refractivity contribution in [2.75, 3.05) is 12.3 Å². The molecule has 0 saturated carbocycles. The normalized spacial score (nSPS) is 9.75.